The Hall–Kier alpha value is -1.24. The predicted octanol–water partition coefficient (Wildman–Crippen LogP) is 2.06. The van der Waals surface area contributed by atoms with E-state index >= 15 is 0 Å². The maximum atomic E-state index is 13.5. The van der Waals surface area contributed by atoms with Crippen molar-refractivity contribution in [2.24, 2.45) is 0 Å². The Morgan fingerprint density at radius 1 is 1.48 bits per heavy atom. The lowest BCUT2D eigenvalue weighted by Crippen LogP contribution is -2.48. The molecular formula is C14H20ClFN2O3. The molecule has 5 nitrogen and oxygen atoms in total. The van der Waals surface area contributed by atoms with Gasteiger partial charge in [0.2, 0.25) is 5.95 Å². The molecule has 0 saturated heterocycles. The molecule has 0 aliphatic carbocycles. The molecule has 0 aliphatic heterocycles. The summed E-state index contributed by atoms with van der Waals surface area (Å²) in [6.07, 6.45) is 1.26. The minimum Gasteiger partial charge on any atom is -0.458 e. The molecule has 0 bridgehead atoms. The average Bonchev–Trinajstić information content (AvgIpc) is 2.30. The fraction of sp³-hybridized carbons (Fsp3) is 0.571. The van der Waals surface area contributed by atoms with Crippen LogP contribution in [-0.2, 0) is 16.1 Å². The molecule has 1 unspecified atom stereocenters. The van der Waals surface area contributed by atoms with Gasteiger partial charge in [0, 0.05) is 24.8 Å². The Kier molecular flexibility index (Phi) is 5.67. The summed E-state index contributed by atoms with van der Waals surface area (Å²) in [4.78, 5) is 15.3. The van der Waals surface area contributed by atoms with E-state index in [2.05, 4.69) is 10.3 Å². The van der Waals surface area contributed by atoms with Gasteiger partial charge in [-0.2, -0.15) is 4.39 Å². The van der Waals surface area contributed by atoms with Gasteiger partial charge in [-0.3, -0.25) is 0 Å². The fourth-order valence-electron chi connectivity index (χ4n) is 1.49. The van der Waals surface area contributed by atoms with Crippen LogP contribution in [0.1, 0.15) is 33.3 Å². The van der Waals surface area contributed by atoms with Gasteiger partial charge in [0.25, 0.3) is 0 Å². The summed E-state index contributed by atoms with van der Waals surface area (Å²) in [5, 5.41) is 13.1. The second kappa shape index (κ2) is 6.68. The summed E-state index contributed by atoms with van der Waals surface area (Å²) in [6.45, 7) is 6.39. The van der Waals surface area contributed by atoms with E-state index in [4.69, 9.17) is 16.3 Å². The molecule has 0 aromatic carbocycles. The number of carbonyl (C=O) groups excluding carboxylic acids is 1. The van der Waals surface area contributed by atoms with E-state index in [9.17, 15) is 14.3 Å². The lowest BCUT2D eigenvalue weighted by molar-refractivity contribution is -0.174. The highest BCUT2D eigenvalue weighted by molar-refractivity contribution is 6.31. The van der Waals surface area contributed by atoms with Crippen molar-refractivity contribution in [2.45, 2.75) is 45.4 Å². The van der Waals surface area contributed by atoms with Crippen LogP contribution < -0.4 is 5.32 Å². The number of pyridine rings is 1. The summed E-state index contributed by atoms with van der Waals surface area (Å²) >= 11 is 5.86. The van der Waals surface area contributed by atoms with Crippen molar-refractivity contribution < 1.29 is 19.0 Å². The Bertz CT molecular complexity index is 495. The molecule has 0 spiro atoms. The van der Waals surface area contributed by atoms with Gasteiger partial charge in [0.1, 0.15) is 5.60 Å². The molecule has 1 atom stereocenters. The van der Waals surface area contributed by atoms with Crippen LogP contribution in [0.2, 0.25) is 5.02 Å². The molecule has 0 radical (unpaired) electrons. The second-order valence-electron chi connectivity index (χ2n) is 5.94. The van der Waals surface area contributed by atoms with Crippen molar-refractivity contribution in [2.75, 3.05) is 6.54 Å². The lowest BCUT2D eigenvalue weighted by Gasteiger charge is -2.27. The van der Waals surface area contributed by atoms with Gasteiger partial charge >= 0.3 is 5.97 Å². The van der Waals surface area contributed by atoms with Crippen LogP contribution in [0.25, 0.3) is 0 Å². The standard InChI is InChI=1S/C14H20ClFN2O3/c1-13(2,3)21-12(19)14(4,20)8-17-7-9-10(15)5-6-18-11(9)16/h5-6,17,20H,7-8H2,1-4H3. The summed E-state index contributed by atoms with van der Waals surface area (Å²) in [6, 6.07) is 1.47. The fourth-order valence-corrected chi connectivity index (χ4v) is 1.69. The van der Waals surface area contributed by atoms with Gasteiger partial charge < -0.3 is 15.2 Å². The Morgan fingerprint density at radius 3 is 2.62 bits per heavy atom. The van der Waals surface area contributed by atoms with Crippen LogP contribution in [0.4, 0.5) is 4.39 Å². The Labute approximate surface area is 128 Å². The highest BCUT2D eigenvalue weighted by Gasteiger charge is 2.34. The molecule has 118 valence electrons. The van der Waals surface area contributed by atoms with Crippen LogP contribution in [0.3, 0.4) is 0 Å². The van der Waals surface area contributed by atoms with Gasteiger partial charge in [0.15, 0.2) is 5.60 Å². The largest absolute Gasteiger partial charge is 0.458 e. The first kappa shape index (κ1) is 17.8. The van der Waals surface area contributed by atoms with Gasteiger partial charge in [-0.15, -0.1) is 0 Å². The van der Waals surface area contributed by atoms with Crippen LogP contribution in [0.5, 0.6) is 0 Å². The molecular weight excluding hydrogens is 299 g/mol. The number of hydrogen-bond donors (Lipinski definition) is 2. The minimum absolute atomic E-state index is 0.0391. The van der Waals surface area contributed by atoms with Gasteiger partial charge in [-0.1, -0.05) is 11.6 Å². The van der Waals surface area contributed by atoms with Gasteiger partial charge in [-0.25, -0.2) is 9.78 Å². The number of aliphatic hydroxyl groups is 1. The van der Waals surface area contributed by atoms with E-state index in [-0.39, 0.29) is 23.7 Å². The molecule has 1 aromatic rings. The van der Waals surface area contributed by atoms with E-state index in [1.165, 1.54) is 19.2 Å². The van der Waals surface area contributed by atoms with Crippen molar-refractivity contribution in [3.63, 3.8) is 0 Å². The molecule has 0 aliphatic rings. The van der Waals surface area contributed by atoms with Crippen LogP contribution >= 0.6 is 11.6 Å². The van der Waals surface area contributed by atoms with Crippen LogP contribution in [0.15, 0.2) is 12.3 Å². The maximum absolute atomic E-state index is 13.5. The van der Waals surface area contributed by atoms with Crippen molar-refractivity contribution in [1.82, 2.24) is 10.3 Å². The first-order chi connectivity index (χ1) is 9.53. The molecule has 7 heteroatoms. The predicted molar refractivity (Wildman–Crippen MR) is 77.4 cm³/mol. The Balaban J connectivity index is 2.60. The lowest BCUT2D eigenvalue weighted by atomic mass is 10.1. The topological polar surface area (TPSA) is 71.5 Å². The Morgan fingerprint density at radius 2 is 2.10 bits per heavy atom. The molecule has 21 heavy (non-hydrogen) atoms. The zero-order valence-corrected chi connectivity index (χ0v) is 13.3. The van der Waals surface area contributed by atoms with Crippen molar-refractivity contribution in [3.05, 3.63) is 28.8 Å². The second-order valence-corrected chi connectivity index (χ2v) is 6.35. The number of aromatic nitrogens is 1. The first-order valence-electron chi connectivity index (χ1n) is 6.48. The van der Waals surface area contributed by atoms with Crippen LogP contribution in [0, 0.1) is 5.95 Å². The number of carbonyl (C=O) groups is 1. The molecule has 0 fully saturated rings. The van der Waals surface area contributed by atoms with Crippen molar-refractivity contribution >= 4 is 17.6 Å². The molecule has 1 heterocycles. The maximum Gasteiger partial charge on any atom is 0.339 e. The van der Waals surface area contributed by atoms with E-state index in [1.54, 1.807) is 20.8 Å². The van der Waals surface area contributed by atoms with Gasteiger partial charge in [-0.05, 0) is 33.8 Å². The highest BCUT2D eigenvalue weighted by atomic mass is 35.5. The number of esters is 1. The summed E-state index contributed by atoms with van der Waals surface area (Å²) in [7, 11) is 0. The van der Waals surface area contributed by atoms with E-state index in [0.717, 1.165) is 0 Å². The van der Waals surface area contributed by atoms with Gasteiger partial charge in [0.05, 0.1) is 5.02 Å². The third kappa shape index (κ3) is 5.57. The molecule has 0 amide bonds. The highest BCUT2D eigenvalue weighted by Crippen LogP contribution is 2.17. The molecule has 1 aromatic heterocycles. The number of ether oxygens (including phenoxy) is 1. The van der Waals surface area contributed by atoms with E-state index < -0.39 is 23.1 Å². The smallest absolute Gasteiger partial charge is 0.339 e. The molecule has 0 saturated carbocycles. The van der Waals surface area contributed by atoms with E-state index in [1.807, 2.05) is 0 Å². The SMILES string of the molecule is CC(C)(C)OC(=O)C(C)(O)CNCc1c(Cl)ccnc1F. The number of nitrogens with one attached hydrogen (secondary N) is 1. The minimum atomic E-state index is -1.72. The zero-order valence-electron chi connectivity index (χ0n) is 12.5. The first-order valence-corrected chi connectivity index (χ1v) is 6.86. The number of halogens is 2. The molecule has 1 rings (SSSR count). The summed E-state index contributed by atoms with van der Waals surface area (Å²) in [5.74, 6) is -1.44. The molecule has 2 N–H and O–H groups in total. The number of hydrogen-bond acceptors (Lipinski definition) is 5. The summed E-state index contributed by atoms with van der Waals surface area (Å²) < 4.78 is 18.6. The third-order valence-electron chi connectivity index (χ3n) is 2.56. The quantitative estimate of drug-likeness (QED) is 0.642. The number of rotatable bonds is 5. The van der Waals surface area contributed by atoms with Crippen LogP contribution in [-0.4, -0.2) is 33.8 Å². The average molecular weight is 319 g/mol. The zero-order chi connectivity index (χ0) is 16.3. The third-order valence-corrected chi connectivity index (χ3v) is 2.91. The summed E-state index contributed by atoms with van der Waals surface area (Å²) in [5.41, 5.74) is -2.24. The van der Waals surface area contributed by atoms with Crippen molar-refractivity contribution in [3.8, 4) is 0 Å². The number of nitrogens with zero attached hydrogens (tertiary/aromatic N) is 1. The normalized spacial score (nSPS) is 14.6. The monoisotopic (exact) mass is 318 g/mol. The van der Waals surface area contributed by atoms with E-state index in [0.29, 0.717) is 0 Å². The van der Waals surface area contributed by atoms with Crippen molar-refractivity contribution in [1.29, 1.82) is 0 Å².